The fourth-order valence-electron chi connectivity index (χ4n) is 1.55. The van der Waals surface area contributed by atoms with E-state index in [4.69, 9.17) is 9.52 Å². The van der Waals surface area contributed by atoms with Crippen LogP contribution in [0, 0.1) is 13.8 Å². The average molecular weight is 239 g/mol. The Morgan fingerprint density at radius 1 is 1.35 bits per heavy atom. The highest BCUT2D eigenvalue weighted by Crippen LogP contribution is 2.13. The zero-order chi connectivity index (χ0) is 12.8. The molecule has 1 aromatic heterocycles. The number of hydrogen-bond donors (Lipinski definition) is 2. The monoisotopic (exact) mass is 239 g/mol. The van der Waals surface area contributed by atoms with E-state index in [2.05, 4.69) is 5.32 Å². The van der Waals surface area contributed by atoms with Crippen LogP contribution < -0.4 is 5.32 Å². The Hall–Kier alpha value is -1.78. The van der Waals surface area contributed by atoms with Crippen LogP contribution in [0.25, 0.3) is 0 Å². The maximum absolute atomic E-state index is 11.7. The summed E-state index contributed by atoms with van der Waals surface area (Å²) in [6, 6.07) is 1.70. The van der Waals surface area contributed by atoms with Crippen LogP contribution in [0.4, 0.5) is 0 Å². The van der Waals surface area contributed by atoms with Gasteiger partial charge >= 0.3 is 5.97 Å². The Labute approximate surface area is 99.8 Å². The summed E-state index contributed by atoms with van der Waals surface area (Å²) in [5.74, 6) is 0.330. The van der Waals surface area contributed by atoms with E-state index in [0.717, 1.165) is 0 Å². The van der Waals surface area contributed by atoms with Crippen LogP contribution in [-0.4, -0.2) is 23.5 Å². The number of nitrogens with one attached hydrogen (secondary N) is 1. The van der Waals surface area contributed by atoms with E-state index in [9.17, 15) is 9.59 Å². The van der Waals surface area contributed by atoms with Gasteiger partial charge in [-0.05, 0) is 32.8 Å². The third-order valence-electron chi connectivity index (χ3n) is 2.39. The Balaban J connectivity index is 2.30. The van der Waals surface area contributed by atoms with Gasteiger partial charge in [0.05, 0.1) is 5.56 Å². The van der Waals surface area contributed by atoms with Crippen LogP contribution in [0.15, 0.2) is 10.5 Å². The molecule has 0 aliphatic heterocycles. The highest BCUT2D eigenvalue weighted by Gasteiger charge is 2.12. The molecule has 1 rings (SSSR count). The van der Waals surface area contributed by atoms with Crippen molar-refractivity contribution in [3.05, 3.63) is 23.2 Å². The lowest BCUT2D eigenvalue weighted by Gasteiger charge is -2.03. The van der Waals surface area contributed by atoms with Gasteiger partial charge in [0.1, 0.15) is 11.5 Å². The smallest absolute Gasteiger partial charge is 0.303 e. The minimum absolute atomic E-state index is 0.139. The fourth-order valence-corrected chi connectivity index (χ4v) is 1.55. The lowest BCUT2D eigenvalue weighted by Crippen LogP contribution is -2.24. The second-order valence-electron chi connectivity index (χ2n) is 3.93. The molecular weight excluding hydrogens is 222 g/mol. The Morgan fingerprint density at radius 2 is 2.06 bits per heavy atom. The molecule has 0 aliphatic rings. The molecule has 5 heteroatoms. The maximum atomic E-state index is 11.7. The molecule has 0 aromatic carbocycles. The quantitative estimate of drug-likeness (QED) is 0.743. The molecule has 0 saturated heterocycles. The summed E-state index contributed by atoms with van der Waals surface area (Å²) < 4.78 is 5.26. The van der Waals surface area contributed by atoms with Crippen molar-refractivity contribution in [3.8, 4) is 0 Å². The van der Waals surface area contributed by atoms with E-state index >= 15 is 0 Å². The van der Waals surface area contributed by atoms with E-state index in [-0.39, 0.29) is 12.3 Å². The zero-order valence-corrected chi connectivity index (χ0v) is 10.1. The molecule has 2 N–H and O–H groups in total. The molecule has 1 amide bonds. The van der Waals surface area contributed by atoms with Gasteiger partial charge in [-0.15, -0.1) is 0 Å². The molecule has 0 radical (unpaired) electrons. The van der Waals surface area contributed by atoms with Crippen molar-refractivity contribution < 1.29 is 19.1 Å². The fraction of sp³-hybridized carbons (Fsp3) is 0.500. The molecule has 0 aliphatic carbocycles. The van der Waals surface area contributed by atoms with Crippen LogP contribution in [-0.2, 0) is 4.79 Å². The number of furan rings is 1. The van der Waals surface area contributed by atoms with Crippen LogP contribution >= 0.6 is 0 Å². The molecular formula is C12H17NO4. The number of aryl methyl sites for hydroxylation is 2. The number of carboxylic acids is 1. The van der Waals surface area contributed by atoms with Crippen molar-refractivity contribution >= 4 is 11.9 Å². The summed E-state index contributed by atoms with van der Waals surface area (Å²) in [6.07, 6.45) is 1.37. The van der Waals surface area contributed by atoms with E-state index < -0.39 is 5.97 Å². The number of hydrogen-bond acceptors (Lipinski definition) is 3. The second-order valence-corrected chi connectivity index (χ2v) is 3.93. The number of carbonyl (C=O) groups excluding carboxylic acids is 1. The third kappa shape index (κ3) is 4.30. The first-order valence-electron chi connectivity index (χ1n) is 5.57. The summed E-state index contributed by atoms with van der Waals surface area (Å²) in [4.78, 5) is 22.0. The minimum atomic E-state index is -0.808. The number of rotatable bonds is 6. The van der Waals surface area contributed by atoms with Gasteiger partial charge in [-0.1, -0.05) is 0 Å². The van der Waals surface area contributed by atoms with Gasteiger partial charge in [-0.3, -0.25) is 9.59 Å². The van der Waals surface area contributed by atoms with Crippen LogP contribution in [0.1, 0.15) is 41.1 Å². The molecule has 0 unspecified atom stereocenters. The molecule has 5 nitrogen and oxygen atoms in total. The summed E-state index contributed by atoms with van der Waals surface area (Å²) in [5, 5.41) is 11.2. The van der Waals surface area contributed by atoms with Crippen molar-refractivity contribution in [1.82, 2.24) is 5.32 Å². The van der Waals surface area contributed by atoms with Gasteiger partial charge in [-0.2, -0.15) is 0 Å². The SMILES string of the molecule is Cc1cc(C(=O)NCCCCC(=O)O)c(C)o1. The van der Waals surface area contributed by atoms with Crippen molar-refractivity contribution in [1.29, 1.82) is 0 Å². The molecule has 0 bridgehead atoms. The first-order chi connectivity index (χ1) is 8.00. The van der Waals surface area contributed by atoms with Gasteiger partial charge in [0.25, 0.3) is 5.91 Å². The minimum Gasteiger partial charge on any atom is -0.481 e. The normalized spacial score (nSPS) is 10.2. The van der Waals surface area contributed by atoms with E-state index in [0.29, 0.717) is 36.5 Å². The number of amides is 1. The van der Waals surface area contributed by atoms with Crippen molar-refractivity contribution in [2.24, 2.45) is 0 Å². The number of unbranched alkanes of at least 4 members (excludes halogenated alkanes) is 1. The average Bonchev–Trinajstić information content (AvgIpc) is 2.56. The predicted octanol–water partition coefficient (Wildman–Crippen LogP) is 1.88. The molecule has 1 aromatic rings. The number of carbonyl (C=O) groups is 2. The summed E-state index contributed by atoms with van der Waals surface area (Å²) in [6.45, 7) is 4.01. The number of carboxylic acid groups (broad SMARTS) is 1. The number of aliphatic carboxylic acids is 1. The highest BCUT2D eigenvalue weighted by atomic mass is 16.4. The first-order valence-corrected chi connectivity index (χ1v) is 5.57. The van der Waals surface area contributed by atoms with Gasteiger partial charge in [-0.25, -0.2) is 0 Å². The van der Waals surface area contributed by atoms with Crippen LogP contribution in [0.2, 0.25) is 0 Å². The Morgan fingerprint density at radius 3 is 2.59 bits per heavy atom. The Bertz CT molecular complexity index is 409. The largest absolute Gasteiger partial charge is 0.481 e. The Kier molecular flexibility index (Phi) is 4.75. The summed E-state index contributed by atoms with van der Waals surface area (Å²) in [7, 11) is 0. The predicted molar refractivity (Wildman–Crippen MR) is 62.0 cm³/mol. The maximum Gasteiger partial charge on any atom is 0.303 e. The van der Waals surface area contributed by atoms with Crippen molar-refractivity contribution in [2.75, 3.05) is 6.54 Å². The molecule has 1 heterocycles. The summed E-state index contributed by atoms with van der Waals surface area (Å²) in [5.41, 5.74) is 0.542. The molecule has 0 fully saturated rings. The van der Waals surface area contributed by atoms with E-state index in [1.54, 1.807) is 19.9 Å². The van der Waals surface area contributed by atoms with E-state index in [1.807, 2.05) is 0 Å². The van der Waals surface area contributed by atoms with Crippen molar-refractivity contribution in [2.45, 2.75) is 33.1 Å². The lowest BCUT2D eigenvalue weighted by atomic mass is 10.2. The van der Waals surface area contributed by atoms with Crippen LogP contribution in [0.3, 0.4) is 0 Å². The summed E-state index contributed by atoms with van der Waals surface area (Å²) >= 11 is 0. The van der Waals surface area contributed by atoms with Crippen LogP contribution in [0.5, 0.6) is 0 Å². The van der Waals surface area contributed by atoms with Gasteiger partial charge < -0.3 is 14.8 Å². The van der Waals surface area contributed by atoms with Gasteiger partial charge in [0, 0.05) is 13.0 Å². The standard InChI is InChI=1S/C12H17NO4/c1-8-7-10(9(2)17-8)12(16)13-6-4-3-5-11(14)15/h7H,3-6H2,1-2H3,(H,13,16)(H,14,15). The zero-order valence-electron chi connectivity index (χ0n) is 10.1. The van der Waals surface area contributed by atoms with E-state index in [1.165, 1.54) is 0 Å². The molecule has 94 valence electrons. The van der Waals surface area contributed by atoms with Gasteiger partial charge in [0.2, 0.25) is 0 Å². The lowest BCUT2D eigenvalue weighted by molar-refractivity contribution is -0.137. The molecule has 0 atom stereocenters. The second kappa shape index (κ2) is 6.08. The van der Waals surface area contributed by atoms with Gasteiger partial charge in [0.15, 0.2) is 0 Å². The molecule has 0 spiro atoms. The van der Waals surface area contributed by atoms with Crippen molar-refractivity contribution in [3.63, 3.8) is 0 Å². The first kappa shape index (κ1) is 13.3. The topological polar surface area (TPSA) is 79.5 Å². The third-order valence-corrected chi connectivity index (χ3v) is 2.39. The highest BCUT2D eigenvalue weighted by molar-refractivity contribution is 5.95. The molecule has 17 heavy (non-hydrogen) atoms. The molecule has 0 saturated carbocycles.